The van der Waals surface area contributed by atoms with Gasteiger partial charge in [0.05, 0.1) is 15.5 Å². The van der Waals surface area contributed by atoms with E-state index >= 15 is 0 Å². The summed E-state index contributed by atoms with van der Waals surface area (Å²) < 4.78 is 0. The van der Waals surface area contributed by atoms with Crippen molar-refractivity contribution in [1.29, 1.82) is 0 Å². The van der Waals surface area contributed by atoms with Crippen LogP contribution in [-0.4, -0.2) is 28.2 Å². The lowest BCUT2D eigenvalue weighted by atomic mass is 10.0. The lowest BCUT2D eigenvalue weighted by Gasteiger charge is -2.28. The number of hydrogen-bond acceptors (Lipinski definition) is 5. The zero-order valence-electron chi connectivity index (χ0n) is 16.6. The van der Waals surface area contributed by atoms with Crippen LogP contribution in [0.5, 0.6) is 0 Å². The van der Waals surface area contributed by atoms with Crippen molar-refractivity contribution < 1.29 is 14.5 Å². The molecule has 2 amide bonds. The lowest BCUT2D eigenvalue weighted by Crippen LogP contribution is -2.35. The number of carbonyl (C=O) groups excluding carboxylic acids is 2. The van der Waals surface area contributed by atoms with Gasteiger partial charge >= 0.3 is 0 Å². The molecule has 1 aliphatic heterocycles. The molecule has 0 spiro atoms. The summed E-state index contributed by atoms with van der Waals surface area (Å²) in [6.45, 7) is 2.97. The van der Waals surface area contributed by atoms with E-state index in [-0.39, 0.29) is 22.2 Å². The fraction of sp³-hybridized carbons (Fsp3) is 0.182. The van der Waals surface area contributed by atoms with Gasteiger partial charge in [0.25, 0.3) is 17.5 Å². The molecule has 1 aromatic heterocycles. The highest BCUT2D eigenvalue weighted by atomic mass is 35.5. The van der Waals surface area contributed by atoms with Gasteiger partial charge in [-0.2, -0.15) is 0 Å². The molecule has 4 rings (SSSR count). The number of benzene rings is 2. The summed E-state index contributed by atoms with van der Waals surface area (Å²) in [6, 6.07) is 10.8. The number of nitro benzene ring substituents is 1. The average Bonchev–Trinajstić information content (AvgIpc) is 3.22. The van der Waals surface area contributed by atoms with Crippen molar-refractivity contribution in [3.05, 3.63) is 90.1 Å². The van der Waals surface area contributed by atoms with Gasteiger partial charge in [-0.05, 0) is 54.1 Å². The Bertz CT molecular complexity index is 1210. The number of nitro groups is 1. The highest BCUT2D eigenvalue weighted by Crippen LogP contribution is 2.28. The molecule has 2 aromatic carbocycles. The summed E-state index contributed by atoms with van der Waals surface area (Å²) in [7, 11) is 0. The molecule has 0 fully saturated rings. The second-order valence-corrected chi connectivity index (χ2v) is 8.61. The Labute approximate surface area is 187 Å². The predicted octanol–water partition coefficient (Wildman–Crippen LogP) is 5.07. The van der Waals surface area contributed by atoms with Gasteiger partial charge in [-0.25, -0.2) is 0 Å². The van der Waals surface area contributed by atoms with Crippen molar-refractivity contribution in [2.45, 2.75) is 19.9 Å². The second-order valence-electron chi connectivity index (χ2n) is 7.20. The molecule has 3 aromatic rings. The van der Waals surface area contributed by atoms with Crippen LogP contribution >= 0.6 is 22.9 Å². The van der Waals surface area contributed by atoms with Crippen molar-refractivity contribution in [1.82, 2.24) is 4.90 Å². The number of halogens is 1. The van der Waals surface area contributed by atoms with Crippen LogP contribution in [0, 0.1) is 17.0 Å². The van der Waals surface area contributed by atoms with E-state index in [1.54, 1.807) is 41.4 Å². The Morgan fingerprint density at radius 1 is 1.19 bits per heavy atom. The number of rotatable bonds is 4. The summed E-state index contributed by atoms with van der Waals surface area (Å²) >= 11 is 7.78. The Morgan fingerprint density at radius 2 is 2.00 bits per heavy atom. The van der Waals surface area contributed by atoms with E-state index in [1.807, 2.05) is 11.4 Å². The third kappa shape index (κ3) is 4.17. The molecule has 0 aliphatic carbocycles. The van der Waals surface area contributed by atoms with Gasteiger partial charge in [-0.3, -0.25) is 19.7 Å². The molecule has 7 nitrogen and oxygen atoms in total. The first-order chi connectivity index (χ1) is 14.8. The van der Waals surface area contributed by atoms with Gasteiger partial charge in [-0.1, -0.05) is 17.7 Å². The average molecular weight is 456 g/mol. The topological polar surface area (TPSA) is 92.5 Å². The van der Waals surface area contributed by atoms with Crippen molar-refractivity contribution in [3.63, 3.8) is 0 Å². The number of nitrogens with one attached hydrogen (secondary N) is 1. The molecule has 9 heteroatoms. The quantitative estimate of drug-likeness (QED) is 0.439. The minimum absolute atomic E-state index is 0.00647. The van der Waals surface area contributed by atoms with Crippen molar-refractivity contribution in [2.75, 3.05) is 11.9 Å². The maximum absolute atomic E-state index is 13.2. The highest BCUT2D eigenvalue weighted by Gasteiger charge is 2.25. The fourth-order valence-corrected chi connectivity index (χ4v) is 4.68. The number of fused-ring (bicyclic) bond motifs is 1. The number of anilines is 1. The molecule has 2 heterocycles. The predicted molar refractivity (Wildman–Crippen MR) is 120 cm³/mol. The number of carbonyl (C=O) groups is 2. The van der Waals surface area contributed by atoms with E-state index in [0.717, 1.165) is 12.5 Å². The van der Waals surface area contributed by atoms with Crippen LogP contribution in [0.3, 0.4) is 0 Å². The summed E-state index contributed by atoms with van der Waals surface area (Å²) in [5.41, 5.74) is 2.51. The molecule has 31 heavy (non-hydrogen) atoms. The number of nitrogens with zero attached hydrogens (tertiary/aromatic N) is 2. The summed E-state index contributed by atoms with van der Waals surface area (Å²) in [4.78, 5) is 39.4. The van der Waals surface area contributed by atoms with Gasteiger partial charge in [0.1, 0.15) is 0 Å². The summed E-state index contributed by atoms with van der Waals surface area (Å²) in [5.74, 6) is -0.680. The van der Waals surface area contributed by atoms with E-state index in [0.29, 0.717) is 29.9 Å². The van der Waals surface area contributed by atoms with Gasteiger partial charge < -0.3 is 10.2 Å². The Hall–Kier alpha value is -3.23. The van der Waals surface area contributed by atoms with Crippen LogP contribution in [0.15, 0.2) is 47.8 Å². The van der Waals surface area contributed by atoms with Gasteiger partial charge in [0, 0.05) is 41.4 Å². The van der Waals surface area contributed by atoms with Crippen LogP contribution in [0.4, 0.5) is 11.4 Å². The SMILES string of the molecule is Cc1c(NC(=O)c2cc([N+](=O)[O-])ccc2Cl)cccc1C(=O)N1CCc2sccc2C1. The number of non-ortho nitro benzene ring substituents is 1. The highest BCUT2D eigenvalue weighted by molar-refractivity contribution is 7.10. The Kier molecular flexibility index (Phi) is 5.75. The first-order valence-corrected chi connectivity index (χ1v) is 10.8. The van der Waals surface area contributed by atoms with Crippen LogP contribution in [0.1, 0.15) is 36.7 Å². The van der Waals surface area contributed by atoms with E-state index in [9.17, 15) is 19.7 Å². The van der Waals surface area contributed by atoms with E-state index in [1.165, 1.54) is 22.6 Å². The van der Waals surface area contributed by atoms with Gasteiger partial charge in [-0.15, -0.1) is 11.3 Å². The molecule has 1 N–H and O–H groups in total. The molecule has 1 aliphatic rings. The molecule has 158 valence electrons. The van der Waals surface area contributed by atoms with Crippen molar-refractivity contribution in [2.24, 2.45) is 0 Å². The summed E-state index contributed by atoms with van der Waals surface area (Å²) in [5, 5.41) is 15.9. The third-order valence-electron chi connectivity index (χ3n) is 5.31. The second kappa shape index (κ2) is 8.49. The smallest absolute Gasteiger partial charge is 0.270 e. The maximum Gasteiger partial charge on any atom is 0.270 e. The van der Waals surface area contributed by atoms with Gasteiger partial charge in [0.2, 0.25) is 0 Å². The number of hydrogen-bond donors (Lipinski definition) is 1. The Morgan fingerprint density at radius 3 is 2.77 bits per heavy atom. The number of thiophene rings is 1. The monoisotopic (exact) mass is 455 g/mol. The zero-order chi connectivity index (χ0) is 22.1. The van der Waals surface area contributed by atoms with Crippen molar-refractivity contribution in [3.8, 4) is 0 Å². The maximum atomic E-state index is 13.2. The molecular weight excluding hydrogens is 438 g/mol. The minimum Gasteiger partial charge on any atom is -0.334 e. The molecule has 0 saturated heterocycles. The minimum atomic E-state index is -0.588. The number of amides is 2. The first kappa shape index (κ1) is 21.0. The molecule has 0 radical (unpaired) electrons. The molecular formula is C22H18ClN3O4S. The van der Waals surface area contributed by atoms with E-state index in [4.69, 9.17) is 11.6 Å². The molecule has 0 atom stereocenters. The van der Waals surface area contributed by atoms with Gasteiger partial charge in [0.15, 0.2) is 0 Å². The fourth-order valence-electron chi connectivity index (χ4n) is 3.59. The first-order valence-electron chi connectivity index (χ1n) is 9.54. The van der Waals surface area contributed by atoms with Crippen LogP contribution in [-0.2, 0) is 13.0 Å². The molecule has 0 unspecified atom stereocenters. The van der Waals surface area contributed by atoms with Crippen molar-refractivity contribution >= 4 is 46.1 Å². The largest absolute Gasteiger partial charge is 0.334 e. The lowest BCUT2D eigenvalue weighted by molar-refractivity contribution is -0.384. The van der Waals surface area contributed by atoms with Crippen LogP contribution in [0.25, 0.3) is 0 Å². The van der Waals surface area contributed by atoms with E-state index in [2.05, 4.69) is 5.32 Å². The third-order valence-corrected chi connectivity index (χ3v) is 6.67. The van der Waals surface area contributed by atoms with Crippen LogP contribution < -0.4 is 5.32 Å². The Balaban J connectivity index is 1.57. The standard InChI is InChI=1S/C22H18ClN3O4S/c1-13-16(22(28)25-9-7-20-14(12-25)8-10-31-20)3-2-4-19(13)24-21(27)17-11-15(26(29)30)5-6-18(17)23/h2-6,8,10-11H,7,9,12H2,1H3,(H,24,27). The molecule has 0 bridgehead atoms. The normalized spacial score (nSPS) is 12.9. The molecule has 0 saturated carbocycles. The van der Waals surface area contributed by atoms with Crippen LogP contribution in [0.2, 0.25) is 5.02 Å². The van der Waals surface area contributed by atoms with E-state index < -0.39 is 10.8 Å². The summed E-state index contributed by atoms with van der Waals surface area (Å²) in [6.07, 6.45) is 0.833. The zero-order valence-corrected chi connectivity index (χ0v) is 18.1.